The molecule has 27 heavy (non-hydrogen) atoms. The summed E-state index contributed by atoms with van der Waals surface area (Å²) in [6, 6.07) is 13.7. The molecular formula is C19H17N3O4S. The molecule has 1 saturated heterocycles. The number of ether oxygens (including phenoxy) is 1. The van der Waals surface area contributed by atoms with Crippen LogP contribution in [-0.4, -0.2) is 36.5 Å². The number of nitrogens with zero attached hydrogens (tertiary/aromatic N) is 3. The van der Waals surface area contributed by atoms with Crippen LogP contribution in [-0.2, 0) is 15.5 Å². The minimum absolute atomic E-state index is 0.132. The van der Waals surface area contributed by atoms with Gasteiger partial charge in [0.15, 0.2) is 16.8 Å². The van der Waals surface area contributed by atoms with Crippen molar-refractivity contribution in [1.82, 2.24) is 9.55 Å². The summed E-state index contributed by atoms with van der Waals surface area (Å²) in [5.41, 5.74) is 1.62. The second-order valence-corrected chi connectivity index (χ2v) is 7.15. The smallest absolute Gasteiger partial charge is 0.268 e. The number of hydrogen-bond donors (Lipinski definition) is 1. The van der Waals surface area contributed by atoms with Crippen LogP contribution in [0.2, 0.25) is 0 Å². The first-order valence-electron chi connectivity index (χ1n) is 8.43. The van der Waals surface area contributed by atoms with Gasteiger partial charge in [0.25, 0.3) is 5.91 Å². The molecule has 3 aromatic rings. The van der Waals surface area contributed by atoms with Gasteiger partial charge in [-0.05, 0) is 48.5 Å². The summed E-state index contributed by atoms with van der Waals surface area (Å²) in [7, 11) is -2.62. The van der Waals surface area contributed by atoms with Crippen LogP contribution in [0.1, 0.15) is 6.42 Å². The van der Waals surface area contributed by atoms with Gasteiger partial charge < -0.3 is 14.2 Å². The molecule has 1 atom stereocenters. The number of amides is 1. The predicted octanol–water partition coefficient (Wildman–Crippen LogP) is 2.03. The van der Waals surface area contributed by atoms with Crippen LogP contribution in [0.4, 0.5) is 5.69 Å². The van der Waals surface area contributed by atoms with Gasteiger partial charge in [-0.3, -0.25) is 4.79 Å². The highest BCUT2D eigenvalue weighted by Crippen LogP contribution is 2.26. The molecule has 1 aliphatic rings. The number of aromatic nitrogens is 2. The Balaban J connectivity index is 1.44. The predicted molar refractivity (Wildman–Crippen MR) is 100.0 cm³/mol. The molecule has 8 heteroatoms. The fourth-order valence-electron chi connectivity index (χ4n) is 3.05. The van der Waals surface area contributed by atoms with Gasteiger partial charge in [-0.15, -0.1) is 0 Å². The second-order valence-electron chi connectivity index (χ2n) is 6.12. The Bertz CT molecular complexity index is 1000. The Morgan fingerprint density at radius 3 is 2.33 bits per heavy atom. The number of carbonyl (C=O) groups is 1. The Labute approximate surface area is 157 Å². The van der Waals surface area contributed by atoms with E-state index < -0.39 is 16.8 Å². The fraction of sp³-hybridized carbons (Fsp3) is 0.158. The average molecular weight is 383 g/mol. The number of hydrogen-bond acceptors (Lipinski definition) is 5. The number of imidazole rings is 1. The van der Waals surface area contributed by atoms with Crippen molar-refractivity contribution in [1.29, 1.82) is 0 Å². The molecule has 138 valence electrons. The SMILES string of the molecule is O=C1C(Oc2ccc(-n3ccnc3)cc2)CCN1c1ccc([SH](=O)=O)cc1. The van der Waals surface area contributed by atoms with Gasteiger partial charge in [-0.2, -0.15) is 0 Å². The standard InChI is InChI=1S/C19H17N3O4S/c23-19-18(9-11-22(19)15-3-7-17(8-4-15)27(24)25)26-16-5-1-14(2-6-16)21-12-10-20-13-21/h1-8,10,12-13,18,27H,9,11H2. The topological polar surface area (TPSA) is 81.5 Å². The highest BCUT2D eigenvalue weighted by atomic mass is 32.2. The van der Waals surface area contributed by atoms with Crippen LogP contribution >= 0.6 is 0 Å². The molecular weight excluding hydrogens is 366 g/mol. The molecule has 0 N–H and O–H groups in total. The molecule has 1 aliphatic heterocycles. The maximum Gasteiger partial charge on any atom is 0.268 e. The molecule has 0 radical (unpaired) electrons. The summed E-state index contributed by atoms with van der Waals surface area (Å²) < 4.78 is 29.7. The highest BCUT2D eigenvalue weighted by Gasteiger charge is 2.34. The number of benzene rings is 2. The van der Waals surface area contributed by atoms with E-state index in [1.165, 1.54) is 12.1 Å². The van der Waals surface area contributed by atoms with Gasteiger partial charge in [0.05, 0.1) is 11.2 Å². The van der Waals surface area contributed by atoms with E-state index in [-0.39, 0.29) is 10.8 Å². The van der Waals surface area contributed by atoms with E-state index in [2.05, 4.69) is 4.98 Å². The van der Waals surface area contributed by atoms with Gasteiger partial charge in [0, 0.05) is 36.7 Å². The minimum atomic E-state index is -2.62. The first-order chi connectivity index (χ1) is 13.1. The average Bonchev–Trinajstić information content (AvgIpc) is 3.34. The number of carbonyl (C=O) groups excluding carboxylic acids is 1. The van der Waals surface area contributed by atoms with Crippen molar-refractivity contribution in [3.63, 3.8) is 0 Å². The van der Waals surface area contributed by atoms with Crippen LogP contribution < -0.4 is 9.64 Å². The molecule has 1 amide bonds. The molecule has 0 saturated carbocycles. The summed E-state index contributed by atoms with van der Waals surface area (Å²) in [5, 5.41) is 0. The summed E-state index contributed by atoms with van der Waals surface area (Å²) >= 11 is 0. The Kier molecular flexibility index (Phi) is 4.64. The molecule has 4 rings (SSSR count). The lowest BCUT2D eigenvalue weighted by atomic mass is 10.2. The molecule has 0 aliphatic carbocycles. The first-order valence-corrected chi connectivity index (χ1v) is 9.60. The zero-order valence-corrected chi connectivity index (χ0v) is 15.2. The lowest BCUT2D eigenvalue weighted by molar-refractivity contribution is -0.122. The molecule has 7 nitrogen and oxygen atoms in total. The van der Waals surface area contributed by atoms with Crippen LogP contribution in [0.3, 0.4) is 0 Å². The van der Waals surface area contributed by atoms with Crippen molar-refractivity contribution in [2.45, 2.75) is 17.4 Å². The quantitative estimate of drug-likeness (QED) is 0.682. The van der Waals surface area contributed by atoms with Gasteiger partial charge in [0.1, 0.15) is 5.75 Å². The lowest BCUT2D eigenvalue weighted by Gasteiger charge is -2.17. The first kappa shape index (κ1) is 17.3. The third kappa shape index (κ3) is 3.56. The number of rotatable bonds is 5. The van der Waals surface area contributed by atoms with E-state index >= 15 is 0 Å². The molecule has 2 aromatic carbocycles. The molecule has 0 spiro atoms. The molecule has 1 fully saturated rings. The van der Waals surface area contributed by atoms with Gasteiger partial charge in [-0.1, -0.05) is 0 Å². The van der Waals surface area contributed by atoms with Crippen LogP contribution in [0.15, 0.2) is 72.1 Å². The second kappa shape index (κ2) is 7.24. The molecule has 2 heterocycles. The normalized spacial score (nSPS) is 16.9. The number of anilines is 1. The summed E-state index contributed by atoms with van der Waals surface area (Å²) in [6.45, 7) is 0.527. The van der Waals surface area contributed by atoms with Gasteiger partial charge >= 0.3 is 0 Å². The maximum absolute atomic E-state index is 12.7. The van der Waals surface area contributed by atoms with Crippen molar-refractivity contribution >= 4 is 22.3 Å². The van der Waals surface area contributed by atoms with E-state index in [0.717, 1.165) is 5.69 Å². The van der Waals surface area contributed by atoms with E-state index in [1.807, 2.05) is 35.0 Å². The Hall–Kier alpha value is -3.13. The monoisotopic (exact) mass is 383 g/mol. The van der Waals surface area contributed by atoms with Crippen molar-refractivity contribution in [2.75, 3.05) is 11.4 Å². The zero-order valence-electron chi connectivity index (χ0n) is 14.3. The largest absolute Gasteiger partial charge is 0.481 e. The summed E-state index contributed by atoms with van der Waals surface area (Å²) in [4.78, 5) is 18.5. The van der Waals surface area contributed by atoms with E-state index in [1.54, 1.807) is 29.6 Å². The third-order valence-electron chi connectivity index (χ3n) is 4.45. The van der Waals surface area contributed by atoms with Crippen molar-refractivity contribution < 1.29 is 17.9 Å². The minimum Gasteiger partial charge on any atom is -0.481 e. The van der Waals surface area contributed by atoms with Crippen molar-refractivity contribution in [2.24, 2.45) is 0 Å². The molecule has 1 unspecified atom stereocenters. The highest BCUT2D eigenvalue weighted by molar-refractivity contribution is 7.72. The van der Waals surface area contributed by atoms with E-state index in [0.29, 0.717) is 24.4 Å². The Morgan fingerprint density at radius 2 is 1.70 bits per heavy atom. The lowest BCUT2D eigenvalue weighted by Crippen LogP contribution is -2.32. The fourth-order valence-corrected chi connectivity index (χ4v) is 3.44. The van der Waals surface area contributed by atoms with E-state index in [4.69, 9.17) is 4.74 Å². The molecule has 0 bridgehead atoms. The molecule has 1 aromatic heterocycles. The Morgan fingerprint density at radius 1 is 1.00 bits per heavy atom. The van der Waals surface area contributed by atoms with Crippen molar-refractivity contribution in [3.05, 3.63) is 67.3 Å². The van der Waals surface area contributed by atoms with Gasteiger partial charge in [0.2, 0.25) is 0 Å². The maximum atomic E-state index is 12.7. The van der Waals surface area contributed by atoms with E-state index in [9.17, 15) is 13.2 Å². The van der Waals surface area contributed by atoms with Crippen molar-refractivity contribution in [3.8, 4) is 11.4 Å². The zero-order chi connectivity index (χ0) is 18.8. The van der Waals surface area contributed by atoms with Crippen LogP contribution in [0.5, 0.6) is 5.75 Å². The van der Waals surface area contributed by atoms with Crippen LogP contribution in [0, 0.1) is 0 Å². The summed E-state index contributed by atoms with van der Waals surface area (Å²) in [5.74, 6) is 0.491. The number of thiol groups is 1. The van der Waals surface area contributed by atoms with Crippen LogP contribution in [0.25, 0.3) is 5.69 Å². The van der Waals surface area contributed by atoms with Gasteiger partial charge in [-0.25, -0.2) is 13.4 Å². The summed E-state index contributed by atoms with van der Waals surface area (Å²) in [6.07, 6.45) is 5.28. The third-order valence-corrected chi connectivity index (χ3v) is 5.17.